The van der Waals surface area contributed by atoms with E-state index in [1.165, 1.54) is 0 Å². The second kappa shape index (κ2) is 7.16. The van der Waals surface area contributed by atoms with Crippen molar-refractivity contribution in [3.8, 4) is 5.75 Å². The van der Waals surface area contributed by atoms with Gasteiger partial charge in [0.25, 0.3) is 5.95 Å². The van der Waals surface area contributed by atoms with Crippen molar-refractivity contribution < 1.29 is 4.74 Å². The molecule has 0 amide bonds. The van der Waals surface area contributed by atoms with Gasteiger partial charge in [0.1, 0.15) is 16.8 Å². The Morgan fingerprint density at radius 1 is 0.759 bits per heavy atom. The number of ether oxygens (including phenoxy) is 1. The molecule has 5 aromatic rings. The lowest BCUT2D eigenvalue weighted by molar-refractivity contribution is 0.415. The Morgan fingerprint density at radius 2 is 1.38 bits per heavy atom. The van der Waals surface area contributed by atoms with Gasteiger partial charge in [-0.3, -0.25) is 0 Å². The lowest BCUT2D eigenvalue weighted by Crippen LogP contribution is -2.00. The molecule has 6 nitrogen and oxygen atoms in total. The largest absolute Gasteiger partial charge is 0.497 e. The average molecular weight is 379 g/mol. The maximum atomic E-state index is 5.16. The summed E-state index contributed by atoms with van der Waals surface area (Å²) in [6.45, 7) is 0. The van der Waals surface area contributed by atoms with Gasteiger partial charge < -0.3 is 4.74 Å². The van der Waals surface area contributed by atoms with E-state index >= 15 is 0 Å². The van der Waals surface area contributed by atoms with Crippen molar-refractivity contribution in [2.45, 2.75) is 0 Å². The molecule has 1 heterocycles. The highest BCUT2D eigenvalue weighted by Gasteiger charge is 2.11. The number of nitrogens with one attached hydrogen (secondary N) is 1. The van der Waals surface area contributed by atoms with Crippen LogP contribution in [0.1, 0.15) is 5.56 Å². The number of anilines is 1. The van der Waals surface area contributed by atoms with E-state index in [0.717, 1.165) is 43.9 Å². The molecular formula is C23H17N5O. The quantitative estimate of drug-likeness (QED) is 0.276. The van der Waals surface area contributed by atoms with Gasteiger partial charge in [-0.05, 0) is 40.6 Å². The first-order valence-electron chi connectivity index (χ1n) is 9.20. The molecule has 4 aromatic carbocycles. The maximum Gasteiger partial charge on any atom is 0.263 e. The van der Waals surface area contributed by atoms with Crippen LogP contribution in [-0.4, -0.2) is 28.5 Å². The summed E-state index contributed by atoms with van der Waals surface area (Å²) in [5.74, 6) is 1.15. The first-order valence-corrected chi connectivity index (χ1v) is 9.20. The molecule has 0 bridgehead atoms. The van der Waals surface area contributed by atoms with Crippen LogP contribution in [0.5, 0.6) is 5.75 Å². The molecule has 5 rings (SSSR count). The molecule has 0 aliphatic carbocycles. The van der Waals surface area contributed by atoms with Crippen molar-refractivity contribution in [1.82, 2.24) is 15.2 Å². The molecule has 0 fully saturated rings. The summed E-state index contributed by atoms with van der Waals surface area (Å²) in [6, 6.07) is 24.0. The third kappa shape index (κ3) is 3.10. The summed E-state index contributed by atoms with van der Waals surface area (Å²) < 4.78 is 5.16. The zero-order valence-electron chi connectivity index (χ0n) is 15.7. The summed E-state index contributed by atoms with van der Waals surface area (Å²) in [7, 11) is 1.64. The number of hydrogen-bond donors (Lipinski definition) is 1. The lowest BCUT2D eigenvalue weighted by Gasteiger charge is -2.08. The average Bonchev–Trinajstić information content (AvgIpc) is 2.80. The number of nitrogens with zero attached hydrogens (tertiary/aromatic N) is 4. The van der Waals surface area contributed by atoms with E-state index in [1.54, 1.807) is 13.3 Å². The molecule has 0 radical (unpaired) electrons. The molecule has 0 unspecified atom stereocenters. The number of rotatable bonds is 4. The van der Waals surface area contributed by atoms with Gasteiger partial charge in [0, 0.05) is 10.8 Å². The highest BCUT2D eigenvalue weighted by atomic mass is 16.5. The minimum Gasteiger partial charge on any atom is -0.497 e. The Balaban J connectivity index is 1.55. The highest BCUT2D eigenvalue weighted by Crippen LogP contribution is 2.32. The molecule has 0 aliphatic rings. The predicted molar refractivity (Wildman–Crippen MR) is 117 cm³/mol. The minimum absolute atomic E-state index is 0.350. The number of methoxy groups -OCH3 is 1. The van der Waals surface area contributed by atoms with Crippen LogP contribution in [0.15, 0.2) is 77.9 Å². The van der Waals surface area contributed by atoms with Gasteiger partial charge >= 0.3 is 0 Å². The van der Waals surface area contributed by atoms with E-state index in [9.17, 15) is 0 Å². The zero-order chi connectivity index (χ0) is 19.6. The minimum atomic E-state index is 0.350. The molecule has 1 N–H and O–H groups in total. The summed E-state index contributed by atoms with van der Waals surface area (Å²) in [5.41, 5.74) is 5.40. The molecule has 0 atom stereocenters. The van der Waals surface area contributed by atoms with Crippen molar-refractivity contribution >= 4 is 44.7 Å². The number of benzene rings is 4. The van der Waals surface area contributed by atoms with Crippen molar-refractivity contribution in [2.75, 3.05) is 12.5 Å². The fourth-order valence-corrected chi connectivity index (χ4v) is 3.45. The predicted octanol–water partition coefficient (Wildman–Crippen LogP) is 4.79. The van der Waals surface area contributed by atoms with E-state index in [2.05, 4.69) is 45.0 Å². The third-order valence-electron chi connectivity index (χ3n) is 4.84. The Bertz CT molecular complexity index is 1330. The molecule has 6 heteroatoms. The summed E-state index contributed by atoms with van der Waals surface area (Å²) >= 11 is 0. The van der Waals surface area contributed by atoms with Crippen LogP contribution in [0.25, 0.3) is 32.6 Å². The van der Waals surface area contributed by atoms with Gasteiger partial charge in [-0.25, -0.2) is 10.4 Å². The van der Waals surface area contributed by atoms with Gasteiger partial charge in [0.05, 0.1) is 13.3 Å². The summed E-state index contributed by atoms with van der Waals surface area (Å²) in [4.78, 5) is 4.69. The Morgan fingerprint density at radius 3 is 2.03 bits per heavy atom. The summed E-state index contributed by atoms with van der Waals surface area (Å²) in [6.07, 6.45) is 1.70. The Hall–Kier alpha value is -4.06. The van der Waals surface area contributed by atoms with Crippen LogP contribution < -0.4 is 10.2 Å². The van der Waals surface area contributed by atoms with Crippen LogP contribution in [0.3, 0.4) is 0 Å². The molecule has 0 saturated carbocycles. The highest BCUT2D eigenvalue weighted by molar-refractivity contribution is 6.22. The Kier molecular flexibility index (Phi) is 4.22. The zero-order valence-corrected chi connectivity index (χ0v) is 15.7. The number of fused-ring (bicyclic) bond motifs is 6. The van der Waals surface area contributed by atoms with Gasteiger partial charge in [-0.15, -0.1) is 10.2 Å². The SMILES string of the molecule is COc1ccc(C=NNc2nnc3c4ccccc4c4ccccc4c3n2)cc1. The van der Waals surface area contributed by atoms with Crippen LogP contribution >= 0.6 is 0 Å². The van der Waals surface area contributed by atoms with Crippen molar-refractivity contribution in [3.63, 3.8) is 0 Å². The fraction of sp³-hybridized carbons (Fsp3) is 0.0435. The van der Waals surface area contributed by atoms with Crippen LogP contribution in [0.4, 0.5) is 5.95 Å². The van der Waals surface area contributed by atoms with Crippen molar-refractivity contribution in [3.05, 3.63) is 78.4 Å². The lowest BCUT2D eigenvalue weighted by atomic mass is 10.00. The third-order valence-corrected chi connectivity index (χ3v) is 4.84. The second-order valence-corrected chi connectivity index (χ2v) is 6.57. The topological polar surface area (TPSA) is 72.3 Å². The smallest absolute Gasteiger partial charge is 0.263 e. The Labute approximate surface area is 166 Å². The second-order valence-electron chi connectivity index (χ2n) is 6.57. The van der Waals surface area contributed by atoms with E-state index in [-0.39, 0.29) is 0 Å². The summed E-state index contributed by atoms with van der Waals surface area (Å²) in [5, 5.41) is 17.3. The van der Waals surface area contributed by atoms with E-state index < -0.39 is 0 Å². The standard InChI is InChI=1S/C23H17N5O/c1-29-16-12-10-15(11-13-16)14-24-27-23-25-21-19-8-4-2-6-17(19)18-7-3-5-9-20(18)22(21)26-28-23/h2-14H,1H3,(H,25,27,28). The molecule has 0 saturated heterocycles. The van der Waals surface area contributed by atoms with Crippen molar-refractivity contribution in [1.29, 1.82) is 0 Å². The first-order chi connectivity index (χ1) is 14.3. The van der Waals surface area contributed by atoms with Crippen LogP contribution in [0, 0.1) is 0 Å². The monoisotopic (exact) mass is 379 g/mol. The number of hydrazone groups is 1. The fourth-order valence-electron chi connectivity index (χ4n) is 3.45. The molecule has 0 spiro atoms. The van der Waals surface area contributed by atoms with E-state index in [1.807, 2.05) is 48.5 Å². The van der Waals surface area contributed by atoms with Crippen molar-refractivity contribution in [2.24, 2.45) is 5.10 Å². The van der Waals surface area contributed by atoms with Gasteiger partial charge in [0.2, 0.25) is 0 Å². The normalized spacial score (nSPS) is 11.5. The molecular weight excluding hydrogens is 362 g/mol. The van der Waals surface area contributed by atoms with Crippen LogP contribution in [-0.2, 0) is 0 Å². The molecule has 29 heavy (non-hydrogen) atoms. The van der Waals surface area contributed by atoms with Gasteiger partial charge in [0.15, 0.2) is 0 Å². The number of hydrogen-bond acceptors (Lipinski definition) is 6. The van der Waals surface area contributed by atoms with E-state index in [0.29, 0.717) is 5.95 Å². The molecule has 140 valence electrons. The molecule has 1 aromatic heterocycles. The maximum absolute atomic E-state index is 5.16. The van der Waals surface area contributed by atoms with Gasteiger partial charge in [-0.1, -0.05) is 48.5 Å². The van der Waals surface area contributed by atoms with E-state index in [4.69, 9.17) is 9.72 Å². The molecule has 0 aliphatic heterocycles. The van der Waals surface area contributed by atoms with Gasteiger partial charge in [-0.2, -0.15) is 5.10 Å². The van der Waals surface area contributed by atoms with Crippen LogP contribution in [0.2, 0.25) is 0 Å². The number of aromatic nitrogens is 3. The first kappa shape index (κ1) is 17.1.